The average molecular weight is 339 g/mol. The van der Waals surface area contributed by atoms with E-state index in [1.165, 1.54) is 24.4 Å². The van der Waals surface area contributed by atoms with Crippen molar-refractivity contribution in [3.63, 3.8) is 0 Å². The van der Waals surface area contributed by atoms with Gasteiger partial charge in [0, 0.05) is 44.0 Å². The molecule has 2 aromatic heterocycles. The van der Waals surface area contributed by atoms with Gasteiger partial charge in [0.2, 0.25) is 0 Å². The number of hydrogen-bond acceptors (Lipinski definition) is 6. The summed E-state index contributed by atoms with van der Waals surface area (Å²) in [6, 6.07) is 5.94. The number of carbonyl (C=O) groups is 2. The SMILES string of the molecule is COCCN1C(=O)C(=O)/C(=C(/O)c2ccncc2)C1c1cccnc1. The number of aliphatic hydroxyl groups is 1. The third-order valence-corrected chi connectivity index (χ3v) is 4.03. The number of nitrogens with zero attached hydrogens (tertiary/aromatic N) is 3. The Labute approximate surface area is 144 Å². The summed E-state index contributed by atoms with van der Waals surface area (Å²) in [6.07, 6.45) is 6.20. The molecule has 0 aromatic carbocycles. The molecule has 7 heteroatoms. The Morgan fingerprint density at radius 3 is 2.60 bits per heavy atom. The molecule has 1 aliphatic rings. The summed E-state index contributed by atoms with van der Waals surface area (Å²) < 4.78 is 5.04. The number of rotatable bonds is 5. The number of aliphatic hydroxyl groups excluding tert-OH is 1. The van der Waals surface area contributed by atoms with Gasteiger partial charge in [0.25, 0.3) is 11.7 Å². The molecule has 0 bridgehead atoms. The largest absolute Gasteiger partial charge is 0.507 e. The molecule has 1 fully saturated rings. The van der Waals surface area contributed by atoms with Gasteiger partial charge in [0.05, 0.1) is 18.2 Å². The molecule has 1 atom stereocenters. The van der Waals surface area contributed by atoms with Crippen LogP contribution in [0.1, 0.15) is 17.2 Å². The number of Topliss-reactive ketones (excluding diaryl/α,β-unsaturated/α-hetero) is 1. The number of ketones is 1. The fourth-order valence-corrected chi connectivity index (χ4v) is 2.85. The Hall–Kier alpha value is -3.06. The van der Waals surface area contributed by atoms with Crippen LogP contribution in [0.3, 0.4) is 0 Å². The number of carbonyl (C=O) groups excluding carboxylic acids is 2. The second-order valence-electron chi connectivity index (χ2n) is 5.51. The van der Waals surface area contributed by atoms with Crippen LogP contribution in [-0.4, -0.2) is 51.9 Å². The van der Waals surface area contributed by atoms with Gasteiger partial charge < -0.3 is 14.7 Å². The molecule has 3 rings (SSSR count). The molecule has 25 heavy (non-hydrogen) atoms. The first kappa shape index (κ1) is 16.8. The lowest BCUT2D eigenvalue weighted by Crippen LogP contribution is -2.32. The topological polar surface area (TPSA) is 92.6 Å². The lowest BCUT2D eigenvalue weighted by atomic mass is 9.96. The van der Waals surface area contributed by atoms with E-state index in [9.17, 15) is 14.7 Å². The maximum atomic E-state index is 12.6. The van der Waals surface area contributed by atoms with Crippen molar-refractivity contribution < 1.29 is 19.4 Å². The van der Waals surface area contributed by atoms with Gasteiger partial charge in [-0.05, 0) is 23.8 Å². The summed E-state index contributed by atoms with van der Waals surface area (Å²) in [5, 5.41) is 10.7. The van der Waals surface area contributed by atoms with Crippen molar-refractivity contribution in [1.82, 2.24) is 14.9 Å². The van der Waals surface area contributed by atoms with Crippen molar-refractivity contribution in [1.29, 1.82) is 0 Å². The Morgan fingerprint density at radius 2 is 1.96 bits per heavy atom. The van der Waals surface area contributed by atoms with Crippen LogP contribution in [0.5, 0.6) is 0 Å². The number of hydrogen-bond donors (Lipinski definition) is 1. The molecule has 1 saturated heterocycles. The normalized spacial score (nSPS) is 19.4. The first-order valence-electron chi connectivity index (χ1n) is 7.72. The summed E-state index contributed by atoms with van der Waals surface area (Å²) in [5.41, 5.74) is 1.11. The Morgan fingerprint density at radius 1 is 1.20 bits per heavy atom. The summed E-state index contributed by atoms with van der Waals surface area (Å²) in [6.45, 7) is 0.507. The van der Waals surface area contributed by atoms with Gasteiger partial charge in [-0.15, -0.1) is 0 Å². The van der Waals surface area contributed by atoms with E-state index < -0.39 is 17.7 Å². The van der Waals surface area contributed by atoms with E-state index in [2.05, 4.69) is 9.97 Å². The highest BCUT2D eigenvalue weighted by molar-refractivity contribution is 6.46. The van der Waals surface area contributed by atoms with Crippen molar-refractivity contribution in [3.8, 4) is 0 Å². The minimum absolute atomic E-state index is 0.0419. The molecule has 1 aliphatic heterocycles. The van der Waals surface area contributed by atoms with Crippen molar-refractivity contribution in [2.45, 2.75) is 6.04 Å². The minimum Gasteiger partial charge on any atom is -0.507 e. The lowest BCUT2D eigenvalue weighted by molar-refractivity contribution is -0.140. The van der Waals surface area contributed by atoms with Crippen LogP contribution in [0.4, 0.5) is 0 Å². The number of pyridine rings is 2. The smallest absolute Gasteiger partial charge is 0.295 e. The van der Waals surface area contributed by atoms with E-state index in [1.807, 2.05) is 0 Å². The third kappa shape index (κ3) is 3.14. The highest BCUT2D eigenvalue weighted by atomic mass is 16.5. The number of methoxy groups -OCH3 is 1. The van der Waals surface area contributed by atoms with E-state index >= 15 is 0 Å². The molecular weight excluding hydrogens is 322 g/mol. The molecular formula is C18H17N3O4. The zero-order valence-electron chi connectivity index (χ0n) is 13.6. The van der Waals surface area contributed by atoms with Crippen LogP contribution in [0.25, 0.3) is 5.76 Å². The van der Waals surface area contributed by atoms with Crippen molar-refractivity contribution in [2.75, 3.05) is 20.3 Å². The van der Waals surface area contributed by atoms with Crippen molar-refractivity contribution in [3.05, 3.63) is 65.8 Å². The van der Waals surface area contributed by atoms with Gasteiger partial charge in [-0.25, -0.2) is 0 Å². The number of likely N-dealkylation sites (tertiary alicyclic amines) is 1. The van der Waals surface area contributed by atoms with Gasteiger partial charge in [-0.2, -0.15) is 0 Å². The first-order valence-corrected chi connectivity index (χ1v) is 7.72. The molecule has 1 N–H and O–H groups in total. The van der Waals surface area contributed by atoms with Crippen LogP contribution in [0.2, 0.25) is 0 Å². The molecule has 1 amide bonds. The van der Waals surface area contributed by atoms with Crippen LogP contribution >= 0.6 is 0 Å². The standard InChI is InChI=1S/C18H17N3O4/c1-25-10-9-21-15(13-3-2-6-20-11-13)14(17(23)18(21)24)16(22)12-4-7-19-8-5-12/h2-8,11,15,22H,9-10H2,1H3/b16-14+. The first-order chi connectivity index (χ1) is 12.1. The molecule has 0 aliphatic carbocycles. The molecule has 0 radical (unpaired) electrons. The molecule has 128 valence electrons. The Bertz CT molecular complexity index is 806. The molecule has 3 heterocycles. The van der Waals surface area contributed by atoms with Crippen LogP contribution in [0.15, 0.2) is 54.6 Å². The van der Waals surface area contributed by atoms with Gasteiger partial charge in [-0.1, -0.05) is 6.07 Å². The van der Waals surface area contributed by atoms with Crippen LogP contribution < -0.4 is 0 Å². The van der Waals surface area contributed by atoms with Gasteiger partial charge in [0.15, 0.2) is 0 Å². The van der Waals surface area contributed by atoms with Crippen LogP contribution in [-0.2, 0) is 14.3 Å². The summed E-state index contributed by atoms with van der Waals surface area (Å²) >= 11 is 0. The summed E-state index contributed by atoms with van der Waals surface area (Å²) in [4.78, 5) is 34.4. The van der Waals surface area contributed by atoms with Gasteiger partial charge in [0.1, 0.15) is 5.76 Å². The van der Waals surface area contributed by atoms with E-state index in [0.29, 0.717) is 11.1 Å². The highest BCUT2D eigenvalue weighted by Crippen LogP contribution is 2.38. The number of aromatic nitrogens is 2. The molecule has 0 saturated carbocycles. The third-order valence-electron chi connectivity index (χ3n) is 4.03. The maximum Gasteiger partial charge on any atom is 0.295 e. The minimum atomic E-state index is -0.723. The second-order valence-corrected chi connectivity index (χ2v) is 5.51. The van der Waals surface area contributed by atoms with E-state index in [1.54, 1.807) is 36.7 Å². The quantitative estimate of drug-likeness (QED) is 0.505. The van der Waals surface area contributed by atoms with Gasteiger partial charge in [-0.3, -0.25) is 19.6 Å². The molecule has 0 spiro atoms. The predicted molar refractivity (Wildman–Crippen MR) is 89.4 cm³/mol. The zero-order valence-corrected chi connectivity index (χ0v) is 13.6. The summed E-state index contributed by atoms with van der Waals surface area (Å²) in [5.74, 6) is -1.62. The predicted octanol–water partition coefficient (Wildman–Crippen LogP) is 1.54. The summed E-state index contributed by atoms with van der Waals surface area (Å²) in [7, 11) is 1.52. The van der Waals surface area contributed by atoms with E-state index in [4.69, 9.17) is 4.74 Å². The zero-order chi connectivity index (χ0) is 17.8. The number of amides is 1. The Kier molecular flexibility index (Phi) is 4.85. The van der Waals surface area contributed by atoms with Crippen molar-refractivity contribution in [2.24, 2.45) is 0 Å². The van der Waals surface area contributed by atoms with Crippen molar-refractivity contribution >= 4 is 17.4 Å². The number of ether oxygens (including phenoxy) is 1. The Balaban J connectivity index is 2.14. The average Bonchev–Trinajstić information content (AvgIpc) is 2.91. The fraction of sp³-hybridized carbons (Fsp3) is 0.222. The molecule has 7 nitrogen and oxygen atoms in total. The van der Waals surface area contributed by atoms with Gasteiger partial charge >= 0.3 is 0 Å². The van der Waals surface area contributed by atoms with E-state index in [-0.39, 0.29) is 24.5 Å². The second kappa shape index (κ2) is 7.23. The highest BCUT2D eigenvalue weighted by Gasteiger charge is 2.45. The molecule has 2 aromatic rings. The maximum absolute atomic E-state index is 12.6. The monoisotopic (exact) mass is 339 g/mol. The lowest BCUT2D eigenvalue weighted by Gasteiger charge is -2.24. The van der Waals surface area contributed by atoms with E-state index in [0.717, 1.165) is 0 Å². The fourth-order valence-electron chi connectivity index (χ4n) is 2.85. The molecule has 1 unspecified atom stereocenters. The van der Waals surface area contributed by atoms with Crippen LogP contribution in [0, 0.1) is 0 Å².